The molecule has 0 bridgehead atoms. The van der Waals surface area contributed by atoms with Crippen LogP contribution in [0.1, 0.15) is 40.2 Å². The molecule has 2 unspecified atom stereocenters. The lowest BCUT2D eigenvalue weighted by Crippen LogP contribution is -2.36. The number of esters is 3. The molecule has 164 valence electrons. The number of halogens is 1. The van der Waals surface area contributed by atoms with E-state index in [1.54, 1.807) is 34.6 Å². The van der Waals surface area contributed by atoms with Crippen LogP contribution in [0.3, 0.4) is 0 Å². The Labute approximate surface area is 178 Å². The van der Waals surface area contributed by atoms with Gasteiger partial charge in [0.25, 0.3) is 5.69 Å². The Morgan fingerprint density at radius 2 is 1.60 bits per heavy atom. The van der Waals surface area contributed by atoms with Crippen LogP contribution in [0, 0.1) is 22.0 Å². The number of benzene rings is 1. The van der Waals surface area contributed by atoms with Crippen molar-refractivity contribution >= 4 is 35.2 Å². The van der Waals surface area contributed by atoms with E-state index < -0.39 is 45.7 Å². The molecule has 0 amide bonds. The summed E-state index contributed by atoms with van der Waals surface area (Å²) < 4.78 is 15.7. The van der Waals surface area contributed by atoms with Gasteiger partial charge in [-0.2, -0.15) is 0 Å². The van der Waals surface area contributed by atoms with Crippen molar-refractivity contribution in [3.8, 4) is 0 Å². The first-order chi connectivity index (χ1) is 13.9. The average molecular weight is 442 g/mol. The zero-order chi connectivity index (χ0) is 22.9. The maximum atomic E-state index is 13.3. The first-order valence-electron chi connectivity index (χ1n) is 9.42. The van der Waals surface area contributed by atoms with Crippen LogP contribution >= 0.6 is 11.6 Å². The number of nitrogens with zero attached hydrogens (tertiary/aromatic N) is 1. The van der Waals surface area contributed by atoms with Gasteiger partial charge < -0.3 is 14.2 Å². The molecule has 0 saturated heterocycles. The van der Waals surface area contributed by atoms with Crippen LogP contribution < -0.4 is 0 Å². The second-order valence-corrected chi connectivity index (χ2v) is 8.16. The number of nitro groups is 1. The summed E-state index contributed by atoms with van der Waals surface area (Å²) in [7, 11) is 0. The Morgan fingerprint density at radius 3 is 1.97 bits per heavy atom. The fraction of sp³-hybridized carbons (Fsp3) is 0.550. The Bertz CT molecular complexity index is 852. The average Bonchev–Trinajstić information content (AvgIpc) is 3.32. The fourth-order valence-electron chi connectivity index (χ4n) is 3.50. The van der Waals surface area contributed by atoms with Gasteiger partial charge >= 0.3 is 17.9 Å². The molecule has 9 nitrogen and oxygen atoms in total. The highest BCUT2D eigenvalue weighted by atomic mass is 35.5. The van der Waals surface area contributed by atoms with Crippen molar-refractivity contribution < 1.29 is 33.5 Å². The highest BCUT2D eigenvalue weighted by Gasteiger charge is 2.79. The third-order valence-corrected chi connectivity index (χ3v) is 4.95. The first kappa shape index (κ1) is 23.6. The Hall–Kier alpha value is -2.68. The van der Waals surface area contributed by atoms with Gasteiger partial charge in [-0.3, -0.25) is 24.5 Å². The predicted molar refractivity (Wildman–Crippen MR) is 106 cm³/mol. The van der Waals surface area contributed by atoms with Crippen molar-refractivity contribution in [1.29, 1.82) is 0 Å². The number of nitro benzene ring substituents is 1. The summed E-state index contributed by atoms with van der Waals surface area (Å²) >= 11 is 6.05. The molecule has 0 spiro atoms. The summed E-state index contributed by atoms with van der Waals surface area (Å²) in [6.45, 7) is 8.19. The van der Waals surface area contributed by atoms with Crippen LogP contribution in [-0.2, 0) is 34.0 Å². The predicted octanol–water partition coefficient (Wildman–Crippen LogP) is 3.20. The number of hydrogen-bond donors (Lipinski definition) is 0. The molecule has 2 rings (SSSR count). The van der Waals surface area contributed by atoms with Gasteiger partial charge in [0.2, 0.25) is 0 Å². The van der Waals surface area contributed by atoms with Crippen LogP contribution in [0.25, 0.3) is 0 Å². The second-order valence-electron chi connectivity index (χ2n) is 7.75. The molecular formula is C20H24ClNO8. The molecule has 2 atom stereocenters. The van der Waals surface area contributed by atoms with E-state index in [1.807, 2.05) is 0 Å². The molecule has 1 aliphatic carbocycles. The summed E-state index contributed by atoms with van der Waals surface area (Å²) in [5.41, 5.74) is -2.91. The summed E-state index contributed by atoms with van der Waals surface area (Å²) in [5, 5.41) is 10.9. The minimum Gasteiger partial charge on any atom is -0.466 e. The van der Waals surface area contributed by atoms with Gasteiger partial charge in [-0.25, -0.2) is 0 Å². The smallest absolute Gasteiger partial charge is 0.318 e. The van der Waals surface area contributed by atoms with Crippen molar-refractivity contribution in [2.75, 3.05) is 13.2 Å². The standard InChI is InChI=1S/C20H24ClNO8/c1-6-28-16(23)14-15(17(24)29-7-2)20(14,18(25)30-19(3,4)5)11-8-9-13(22(26)27)12(21)10-11/h8-10,14-15H,6-7H2,1-5H3. The molecule has 0 N–H and O–H groups in total. The van der Waals surface area contributed by atoms with Crippen molar-refractivity contribution in [2.24, 2.45) is 11.8 Å². The molecule has 0 aromatic heterocycles. The number of rotatable bonds is 7. The summed E-state index contributed by atoms with van der Waals surface area (Å²) in [6, 6.07) is 3.61. The molecule has 1 fully saturated rings. The number of hydrogen-bond acceptors (Lipinski definition) is 8. The zero-order valence-electron chi connectivity index (χ0n) is 17.4. The Kier molecular flexibility index (Phi) is 6.76. The Morgan fingerprint density at radius 1 is 1.10 bits per heavy atom. The highest BCUT2D eigenvalue weighted by Crippen LogP contribution is 2.62. The molecule has 10 heteroatoms. The molecule has 30 heavy (non-hydrogen) atoms. The quantitative estimate of drug-likeness (QED) is 0.273. The van der Waals surface area contributed by atoms with Crippen LogP contribution in [0.5, 0.6) is 0 Å². The molecule has 0 aliphatic heterocycles. The lowest BCUT2D eigenvalue weighted by Gasteiger charge is -2.25. The van der Waals surface area contributed by atoms with Gasteiger partial charge in [-0.1, -0.05) is 17.7 Å². The van der Waals surface area contributed by atoms with Gasteiger partial charge in [0.15, 0.2) is 0 Å². The molecule has 1 aromatic rings. The lowest BCUT2D eigenvalue weighted by molar-refractivity contribution is -0.384. The van der Waals surface area contributed by atoms with Crippen LogP contribution in [0.4, 0.5) is 5.69 Å². The number of carbonyl (C=O) groups excluding carboxylic acids is 3. The van der Waals surface area contributed by atoms with Crippen molar-refractivity contribution in [3.63, 3.8) is 0 Å². The molecule has 0 radical (unpaired) electrons. The van der Waals surface area contributed by atoms with Crippen LogP contribution in [0.15, 0.2) is 18.2 Å². The normalized spacial score (nSPS) is 22.7. The van der Waals surface area contributed by atoms with Gasteiger partial charge in [0.05, 0.1) is 30.0 Å². The molecule has 1 aliphatic rings. The Balaban J connectivity index is 2.68. The van der Waals surface area contributed by atoms with E-state index >= 15 is 0 Å². The third-order valence-electron chi connectivity index (χ3n) is 4.65. The summed E-state index contributed by atoms with van der Waals surface area (Å²) in [4.78, 5) is 49.1. The summed E-state index contributed by atoms with van der Waals surface area (Å²) in [5.74, 6) is -4.78. The first-order valence-corrected chi connectivity index (χ1v) is 9.80. The number of carbonyl (C=O) groups is 3. The fourth-order valence-corrected chi connectivity index (χ4v) is 3.75. The van der Waals surface area contributed by atoms with Crippen molar-refractivity contribution in [1.82, 2.24) is 0 Å². The lowest BCUT2D eigenvalue weighted by atomic mass is 9.90. The maximum absolute atomic E-state index is 13.3. The van der Waals surface area contributed by atoms with E-state index in [0.29, 0.717) is 0 Å². The SMILES string of the molecule is CCOC(=O)C1C(C(=O)OCC)C1(C(=O)OC(C)(C)C)c1ccc([N+](=O)[O-])c(Cl)c1. The molecular weight excluding hydrogens is 418 g/mol. The largest absolute Gasteiger partial charge is 0.466 e. The van der Waals surface area contributed by atoms with Gasteiger partial charge in [0, 0.05) is 6.07 Å². The molecule has 0 heterocycles. The van der Waals surface area contributed by atoms with Crippen LogP contribution in [-0.4, -0.2) is 41.6 Å². The van der Waals surface area contributed by atoms with Crippen LogP contribution in [0.2, 0.25) is 5.02 Å². The topological polar surface area (TPSA) is 122 Å². The van der Waals surface area contributed by atoms with E-state index in [4.69, 9.17) is 25.8 Å². The van der Waals surface area contributed by atoms with E-state index in [-0.39, 0.29) is 29.5 Å². The third kappa shape index (κ3) is 4.26. The van der Waals surface area contributed by atoms with E-state index in [2.05, 4.69) is 0 Å². The zero-order valence-corrected chi connectivity index (χ0v) is 18.1. The minimum absolute atomic E-state index is 0.0380. The highest BCUT2D eigenvalue weighted by molar-refractivity contribution is 6.32. The second kappa shape index (κ2) is 8.59. The monoisotopic (exact) mass is 441 g/mol. The van der Waals surface area contributed by atoms with Crippen molar-refractivity contribution in [2.45, 2.75) is 45.6 Å². The van der Waals surface area contributed by atoms with E-state index in [0.717, 1.165) is 6.07 Å². The minimum atomic E-state index is -1.76. The van der Waals surface area contributed by atoms with Crippen molar-refractivity contribution in [3.05, 3.63) is 38.9 Å². The van der Waals surface area contributed by atoms with Gasteiger partial charge in [-0.15, -0.1) is 0 Å². The molecule has 1 saturated carbocycles. The van der Waals surface area contributed by atoms with E-state index in [9.17, 15) is 24.5 Å². The molecule has 1 aromatic carbocycles. The number of ether oxygens (including phenoxy) is 3. The van der Waals surface area contributed by atoms with Gasteiger partial charge in [0.1, 0.15) is 16.0 Å². The van der Waals surface area contributed by atoms with Gasteiger partial charge in [-0.05, 0) is 46.2 Å². The summed E-state index contributed by atoms with van der Waals surface area (Å²) in [6.07, 6.45) is 0. The van der Waals surface area contributed by atoms with E-state index in [1.165, 1.54) is 12.1 Å². The maximum Gasteiger partial charge on any atom is 0.318 e.